The molecule has 1 N–H and O–H groups in total. The van der Waals surface area contributed by atoms with Crippen molar-refractivity contribution in [2.24, 2.45) is 0 Å². The Labute approximate surface area is 85.3 Å². The minimum absolute atomic E-state index is 0.0727. The molecule has 0 bridgehead atoms. The van der Waals surface area contributed by atoms with Gasteiger partial charge in [0.15, 0.2) is 0 Å². The van der Waals surface area contributed by atoms with Crippen LogP contribution in [0.4, 0.5) is 5.69 Å². The van der Waals surface area contributed by atoms with Crippen LogP contribution in [-0.2, 0) is 11.2 Å². The average molecular weight is 191 g/mol. The highest BCUT2D eigenvalue weighted by atomic mass is 16.1. The van der Waals surface area contributed by atoms with Gasteiger partial charge in [-0.1, -0.05) is 31.5 Å². The molecule has 0 unspecified atom stereocenters. The summed E-state index contributed by atoms with van der Waals surface area (Å²) in [6.45, 7) is 6.01. The van der Waals surface area contributed by atoms with E-state index in [9.17, 15) is 4.79 Å². The summed E-state index contributed by atoms with van der Waals surface area (Å²) >= 11 is 0. The fraction of sp³-hybridized carbons (Fsp3) is 0.417. The van der Waals surface area contributed by atoms with Gasteiger partial charge in [0.25, 0.3) is 0 Å². The van der Waals surface area contributed by atoms with Gasteiger partial charge in [-0.15, -0.1) is 0 Å². The second-order valence-electron chi connectivity index (χ2n) is 3.42. The molecule has 0 heterocycles. The number of rotatable bonds is 3. The maximum absolute atomic E-state index is 11.2. The molecule has 2 heteroatoms. The number of benzene rings is 1. The lowest BCUT2D eigenvalue weighted by molar-refractivity contribution is -0.115. The summed E-state index contributed by atoms with van der Waals surface area (Å²) < 4.78 is 0. The summed E-state index contributed by atoms with van der Waals surface area (Å²) in [5, 5.41) is 2.90. The van der Waals surface area contributed by atoms with Gasteiger partial charge >= 0.3 is 0 Å². The van der Waals surface area contributed by atoms with E-state index in [2.05, 4.69) is 25.2 Å². The summed E-state index contributed by atoms with van der Waals surface area (Å²) in [5.74, 6) is 0.0727. The van der Waals surface area contributed by atoms with Crippen LogP contribution in [0.15, 0.2) is 18.2 Å². The van der Waals surface area contributed by atoms with Crippen molar-refractivity contribution >= 4 is 11.6 Å². The summed E-state index contributed by atoms with van der Waals surface area (Å²) in [6, 6.07) is 6.11. The maximum atomic E-state index is 11.2. The first-order chi connectivity index (χ1) is 6.67. The third-order valence-corrected chi connectivity index (χ3v) is 2.24. The van der Waals surface area contributed by atoms with Gasteiger partial charge in [0.1, 0.15) is 0 Å². The first-order valence-electron chi connectivity index (χ1n) is 5.06. The van der Waals surface area contributed by atoms with Gasteiger partial charge in [0.2, 0.25) is 5.91 Å². The van der Waals surface area contributed by atoms with Gasteiger partial charge < -0.3 is 5.32 Å². The Hall–Kier alpha value is -1.31. The van der Waals surface area contributed by atoms with Crippen molar-refractivity contribution in [1.82, 2.24) is 0 Å². The molecule has 0 aromatic heterocycles. The zero-order valence-electron chi connectivity index (χ0n) is 9.05. The second-order valence-corrected chi connectivity index (χ2v) is 3.42. The van der Waals surface area contributed by atoms with Crippen LogP contribution in [0.2, 0.25) is 0 Å². The van der Waals surface area contributed by atoms with Crippen LogP contribution in [0.3, 0.4) is 0 Å². The lowest BCUT2D eigenvalue weighted by Gasteiger charge is -2.09. The van der Waals surface area contributed by atoms with Gasteiger partial charge in [-0.2, -0.15) is 0 Å². The van der Waals surface area contributed by atoms with Gasteiger partial charge in [0, 0.05) is 12.1 Å². The lowest BCUT2D eigenvalue weighted by Crippen LogP contribution is -2.11. The molecule has 1 amide bonds. The number of carbonyl (C=O) groups excluding carboxylic acids is 1. The molecule has 0 aliphatic carbocycles. The number of carbonyl (C=O) groups is 1. The monoisotopic (exact) mass is 191 g/mol. The van der Waals surface area contributed by atoms with Crippen molar-refractivity contribution < 1.29 is 4.79 Å². The standard InChI is InChI=1S/C12H17NO/c1-4-10-8-9(3)6-7-11(10)13-12(14)5-2/h6-8H,4-5H2,1-3H3,(H,13,14). The van der Waals surface area contributed by atoms with Crippen LogP contribution < -0.4 is 5.32 Å². The van der Waals surface area contributed by atoms with E-state index < -0.39 is 0 Å². The smallest absolute Gasteiger partial charge is 0.224 e. The maximum Gasteiger partial charge on any atom is 0.224 e. The average Bonchev–Trinajstić information content (AvgIpc) is 2.20. The molecule has 0 saturated heterocycles. The largest absolute Gasteiger partial charge is 0.326 e. The molecule has 0 aliphatic heterocycles. The highest BCUT2D eigenvalue weighted by Crippen LogP contribution is 2.17. The van der Waals surface area contributed by atoms with Crippen molar-refractivity contribution in [3.8, 4) is 0 Å². The Morgan fingerprint density at radius 3 is 2.64 bits per heavy atom. The predicted octanol–water partition coefficient (Wildman–Crippen LogP) is 2.91. The molecular formula is C12H17NO. The van der Waals surface area contributed by atoms with Gasteiger partial charge in [-0.25, -0.2) is 0 Å². The van der Waals surface area contributed by atoms with E-state index in [-0.39, 0.29) is 5.91 Å². The summed E-state index contributed by atoms with van der Waals surface area (Å²) in [7, 11) is 0. The fourth-order valence-electron chi connectivity index (χ4n) is 1.38. The first kappa shape index (κ1) is 10.8. The molecule has 1 aromatic rings. The Balaban J connectivity index is 2.90. The Bertz CT molecular complexity index is 331. The highest BCUT2D eigenvalue weighted by Gasteiger charge is 2.03. The van der Waals surface area contributed by atoms with Crippen LogP contribution in [0, 0.1) is 6.92 Å². The molecule has 0 saturated carbocycles. The quantitative estimate of drug-likeness (QED) is 0.782. The van der Waals surface area contributed by atoms with Gasteiger partial charge in [0.05, 0.1) is 0 Å². The van der Waals surface area contributed by atoms with E-state index in [4.69, 9.17) is 0 Å². The molecule has 0 atom stereocenters. The normalized spacial score (nSPS) is 9.93. The third kappa shape index (κ3) is 2.59. The van der Waals surface area contributed by atoms with Crippen molar-refractivity contribution in [3.05, 3.63) is 29.3 Å². The molecule has 0 radical (unpaired) electrons. The topological polar surface area (TPSA) is 29.1 Å². The molecule has 1 aromatic carbocycles. The molecule has 2 nitrogen and oxygen atoms in total. The van der Waals surface area contributed by atoms with E-state index in [1.165, 1.54) is 11.1 Å². The van der Waals surface area contributed by atoms with Gasteiger partial charge in [-0.05, 0) is 25.0 Å². The third-order valence-electron chi connectivity index (χ3n) is 2.24. The SMILES string of the molecule is CCC(=O)Nc1ccc(C)cc1CC. The van der Waals surface area contributed by atoms with E-state index >= 15 is 0 Å². The zero-order valence-corrected chi connectivity index (χ0v) is 9.05. The van der Waals surface area contributed by atoms with Crippen molar-refractivity contribution in [2.75, 3.05) is 5.32 Å². The van der Waals surface area contributed by atoms with Crippen LogP contribution in [0.1, 0.15) is 31.4 Å². The van der Waals surface area contributed by atoms with Crippen molar-refractivity contribution in [2.45, 2.75) is 33.6 Å². The highest BCUT2D eigenvalue weighted by molar-refractivity contribution is 5.91. The lowest BCUT2D eigenvalue weighted by atomic mass is 10.1. The number of anilines is 1. The van der Waals surface area contributed by atoms with Crippen LogP contribution >= 0.6 is 0 Å². The Morgan fingerprint density at radius 1 is 1.36 bits per heavy atom. The van der Waals surface area contributed by atoms with Crippen molar-refractivity contribution in [3.63, 3.8) is 0 Å². The van der Waals surface area contributed by atoms with Crippen LogP contribution in [0.5, 0.6) is 0 Å². The molecular weight excluding hydrogens is 174 g/mol. The second kappa shape index (κ2) is 4.80. The first-order valence-corrected chi connectivity index (χ1v) is 5.06. The van der Waals surface area contributed by atoms with Crippen LogP contribution in [-0.4, -0.2) is 5.91 Å². The van der Waals surface area contributed by atoms with E-state index in [0.29, 0.717) is 6.42 Å². The number of aryl methyl sites for hydroxylation is 2. The van der Waals surface area contributed by atoms with Crippen molar-refractivity contribution in [1.29, 1.82) is 0 Å². The molecule has 0 fully saturated rings. The molecule has 1 rings (SSSR count). The minimum atomic E-state index is 0.0727. The number of hydrogen-bond acceptors (Lipinski definition) is 1. The number of hydrogen-bond donors (Lipinski definition) is 1. The molecule has 76 valence electrons. The van der Waals surface area contributed by atoms with E-state index in [0.717, 1.165) is 12.1 Å². The summed E-state index contributed by atoms with van der Waals surface area (Å²) in [5.41, 5.74) is 3.38. The number of amides is 1. The minimum Gasteiger partial charge on any atom is -0.326 e. The Morgan fingerprint density at radius 2 is 2.07 bits per heavy atom. The molecule has 0 spiro atoms. The summed E-state index contributed by atoms with van der Waals surface area (Å²) in [4.78, 5) is 11.2. The zero-order chi connectivity index (χ0) is 10.6. The van der Waals surface area contributed by atoms with Crippen LogP contribution in [0.25, 0.3) is 0 Å². The predicted molar refractivity (Wildman–Crippen MR) is 59.5 cm³/mol. The Kier molecular flexibility index (Phi) is 3.69. The van der Waals surface area contributed by atoms with E-state index in [1.54, 1.807) is 0 Å². The number of nitrogens with one attached hydrogen (secondary N) is 1. The molecule has 14 heavy (non-hydrogen) atoms. The molecule has 0 aliphatic rings. The van der Waals surface area contributed by atoms with E-state index in [1.807, 2.05) is 19.1 Å². The van der Waals surface area contributed by atoms with Gasteiger partial charge in [-0.3, -0.25) is 4.79 Å². The summed E-state index contributed by atoms with van der Waals surface area (Å²) in [6.07, 6.45) is 1.47. The fourth-order valence-corrected chi connectivity index (χ4v) is 1.38.